The molecule has 5 aromatic rings. The molecule has 0 aliphatic carbocycles. The fourth-order valence-corrected chi connectivity index (χ4v) is 6.07. The Morgan fingerprint density at radius 1 is 1.09 bits per heavy atom. The van der Waals surface area contributed by atoms with Crippen LogP contribution in [0.5, 0.6) is 5.75 Å². The molecule has 0 spiro atoms. The molecular formula is C32H32N6O6S. The highest BCUT2D eigenvalue weighted by Crippen LogP contribution is 2.33. The number of nitrogens with two attached hydrogens (primary N) is 1. The number of Topliss-reactive ketones (excluding diaryl/α,β-unsaturated/α-hetero) is 1. The van der Waals surface area contributed by atoms with Gasteiger partial charge in [0.05, 0.1) is 35.1 Å². The van der Waals surface area contributed by atoms with E-state index in [0.717, 1.165) is 21.3 Å². The highest BCUT2D eigenvalue weighted by Gasteiger charge is 2.19. The quantitative estimate of drug-likeness (QED) is 0.121. The Bertz CT molecular complexity index is 1980. The molecule has 4 N–H and O–H groups in total. The number of amides is 2. The summed E-state index contributed by atoms with van der Waals surface area (Å²) in [7, 11) is 1.58. The van der Waals surface area contributed by atoms with Gasteiger partial charge in [-0.05, 0) is 73.7 Å². The van der Waals surface area contributed by atoms with E-state index in [1.807, 2.05) is 42.7 Å². The van der Waals surface area contributed by atoms with Crippen LogP contribution < -0.4 is 15.8 Å². The number of methoxy groups -OCH3 is 1. The molecule has 0 saturated carbocycles. The van der Waals surface area contributed by atoms with Crippen LogP contribution in [0.1, 0.15) is 61.5 Å². The first-order valence-corrected chi connectivity index (χ1v) is 15.1. The van der Waals surface area contributed by atoms with Crippen molar-refractivity contribution >= 4 is 62.0 Å². The maximum Gasteiger partial charge on any atom is 0.303 e. The number of carbonyl (C=O) groups excluding carboxylic acids is 3. The summed E-state index contributed by atoms with van der Waals surface area (Å²) in [6.07, 6.45) is 4.18. The second-order valence-electron chi connectivity index (χ2n) is 10.4. The second kappa shape index (κ2) is 13.1. The topological polar surface area (TPSA) is 171 Å². The number of ether oxygens (including phenoxy) is 1. The largest absolute Gasteiger partial charge is 0.496 e. The van der Waals surface area contributed by atoms with Gasteiger partial charge in [0, 0.05) is 29.8 Å². The number of imidazole rings is 1. The summed E-state index contributed by atoms with van der Waals surface area (Å²) < 4.78 is 9.95. The zero-order valence-electron chi connectivity index (χ0n) is 25.0. The molecule has 0 unspecified atom stereocenters. The molecule has 3 aromatic heterocycles. The van der Waals surface area contributed by atoms with Crippen molar-refractivity contribution in [1.29, 1.82) is 0 Å². The number of hydrogen-bond acceptors (Lipinski definition) is 8. The lowest BCUT2D eigenvalue weighted by Crippen LogP contribution is -2.19. The number of nitrogens with zero attached hydrogens (tertiary/aromatic N) is 4. The number of primary amides is 1. The van der Waals surface area contributed by atoms with Crippen molar-refractivity contribution in [3.63, 3.8) is 0 Å². The van der Waals surface area contributed by atoms with Crippen LogP contribution in [0.15, 0.2) is 54.6 Å². The molecule has 0 fully saturated rings. The lowest BCUT2D eigenvalue weighted by atomic mass is 10.1. The lowest BCUT2D eigenvalue weighted by molar-refractivity contribution is -0.136. The summed E-state index contributed by atoms with van der Waals surface area (Å²) in [6, 6.07) is 12.3. The molecule has 0 saturated heterocycles. The second-order valence-corrected chi connectivity index (χ2v) is 11.4. The minimum Gasteiger partial charge on any atom is -0.496 e. The smallest absolute Gasteiger partial charge is 0.303 e. The summed E-state index contributed by atoms with van der Waals surface area (Å²) in [4.78, 5) is 53.5. The van der Waals surface area contributed by atoms with E-state index in [4.69, 9.17) is 15.6 Å². The van der Waals surface area contributed by atoms with Crippen LogP contribution in [-0.4, -0.2) is 55.1 Å². The number of carbonyl (C=O) groups is 4. The molecule has 13 heteroatoms. The third-order valence-corrected chi connectivity index (χ3v) is 8.38. The Kier molecular flexibility index (Phi) is 9.09. The Labute approximate surface area is 262 Å². The Balaban J connectivity index is 1.39. The molecule has 2 aromatic carbocycles. The maximum absolute atomic E-state index is 13.2. The monoisotopic (exact) mass is 628 g/mol. The molecule has 12 nitrogen and oxygen atoms in total. The van der Waals surface area contributed by atoms with Crippen molar-refractivity contribution in [2.75, 3.05) is 12.4 Å². The summed E-state index contributed by atoms with van der Waals surface area (Å²) >= 11 is 1.31. The number of aryl methyl sites for hydroxylation is 2. The average molecular weight is 629 g/mol. The van der Waals surface area contributed by atoms with E-state index in [1.54, 1.807) is 42.1 Å². The SMILES string of the molecule is CCn1nc(C)cc1C(=O)Nc1nc2cc(C(N)=O)ccc2n1C/C=C/Cc1cc2cc(C(=O)CCC(=O)O)sc2cc1OC. The molecule has 45 heavy (non-hydrogen) atoms. The number of rotatable bonds is 13. The number of ketones is 1. The first-order chi connectivity index (χ1) is 21.6. The van der Waals surface area contributed by atoms with Gasteiger partial charge in [-0.25, -0.2) is 4.98 Å². The van der Waals surface area contributed by atoms with Crippen LogP contribution in [0, 0.1) is 6.92 Å². The number of carboxylic acid groups (broad SMARTS) is 1. The van der Waals surface area contributed by atoms with Crippen LogP contribution in [0.2, 0.25) is 0 Å². The van der Waals surface area contributed by atoms with Gasteiger partial charge in [0.25, 0.3) is 5.91 Å². The van der Waals surface area contributed by atoms with Crippen molar-refractivity contribution in [3.05, 3.63) is 82.0 Å². The fraction of sp³-hybridized carbons (Fsp3) is 0.250. The van der Waals surface area contributed by atoms with E-state index >= 15 is 0 Å². The number of thiophene rings is 1. The Morgan fingerprint density at radius 2 is 1.89 bits per heavy atom. The molecule has 0 radical (unpaired) electrons. The van der Waals surface area contributed by atoms with Gasteiger partial charge < -0.3 is 20.1 Å². The van der Waals surface area contributed by atoms with E-state index in [0.29, 0.717) is 58.4 Å². The molecule has 232 valence electrons. The van der Waals surface area contributed by atoms with Gasteiger partial charge in [0.2, 0.25) is 11.9 Å². The van der Waals surface area contributed by atoms with Crippen molar-refractivity contribution in [3.8, 4) is 5.75 Å². The van der Waals surface area contributed by atoms with Gasteiger partial charge in [-0.15, -0.1) is 11.3 Å². The normalized spacial score (nSPS) is 11.4. The summed E-state index contributed by atoms with van der Waals surface area (Å²) in [5.74, 6) is -1.17. The number of benzene rings is 2. The third kappa shape index (κ3) is 6.78. The maximum atomic E-state index is 13.2. The first kappa shape index (κ1) is 31.1. The standard InChI is InChI=1S/C32H32N6O6S/c1-4-38-24(13-18(2)36-38)31(43)35-32-34-22-15-20(30(33)42)8-9-23(22)37(32)12-6-5-7-19-14-21-16-28(25(39)10-11-29(40)41)45-27(21)17-26(19)44-3/h5-6,8-9,13-17H,4,7,10-12H2,1-3H3,(H2,33,42)(H,40,41)(H,34,35,43)/b6-5+. The van der Waals surface area contributed by atoms with Crippen molar-refractivity contribution in [2.24, 2.45) is 5.73 Å². The Morgan fingerprint density at radius 3 is 2.60 bits per heavy atom. The molecule has 0 bridgehead atoms. The van der Waals surface area contributed by atoms with E-state index in [-0.39, 0.29) is 24.5 Å². The highest BCUT2D eigenvalue weighted by atomic mass is 32.1. The fourth-order valence-electron chi connectivity index (χ4n) is 5.03. The predicted molar refractivity (Wildman–Crippen MR) is 171 cm³/mol. The summed E-state index contributed by atoms with van der Waals surface area (Å²) in [5, 5.41) is 17.0. The molecule has 0 aliphatic heterocycles. The molecule has 5 rings (SSSR count). The van der Waals surface area contributed by atoms with Gasteiger partial charge in [0.15, 0.2) is 5.78 Å². The van der Waals surface area contributed by atoms with Gasteiger partial charge >= 0.3 is 5.97 Å². The van der Waals surface area contributed by atoms with E-state index in [2.05, 4.69) is 15.4 Å². The summed E-state index contributed by atoms with van der Waals surface area (Å²) in [6.45, 7) is 4.61. The van der Waals surface area contributed by atoms with E-state index in [9.17, 15) is 19.2 Å². The van der Waals surface area contributed by atoms with Gasteiger partial charge in [-0.1, -0.05) is 12.2 Å². The predicted octanol–water partition coefficient (Wildman–Crippen LogP) is 4.98. The van der Waals surface area contributed by atoms with Crippen molar-refractivity contribution in [2.45, 2.75) is 46.2 Å². The van der Waals surface area contributed by atoms with E-state index < -0.39 is 11.9 Å². The molecule has 0 atom stereocenters. The molecule has 3 heterocycles. The number of hydrogen-bond donors (Lipinski definition) is 3. The molecule has 2 amide bonds. The van der Waals surface area contributed by atoms with Crippen LogP contribution >= 0.6 is 11.3 Å². The number of aliphatic carboxylic acids is 1. The van der Waals surface area contributed by atoms with Crippen LogP contribution in [0.25, 0.3) is 21.1 Å². The van der Waals surface area contributed by atoms with Crippen LogP contribution in [-0.2, 0) is 24.3 Å². The highest BCUT2D eigenvalue weighted by molar-refractivity contribution is 7.20. The first-order valence-electron chi connectivity index (χ1n) is 14.2. The molecular weight excluding hydrogens is 596 g/mol. The minimum atomic E-state index is -1.01. The number of fused-ring (bicyclic) bond motifs is 2. The minimum absolute atomic E-state index is 0.0496. The van der Waals surface area contributed by atoms with E-state index in [1.165, 1.54) is 11.3 Å². The zero-order chi connectivity index (χ0) is 32.2. The number of aromatic nitrogens is 4. The zero-order valence-corrected chi connectivity index (χ0v) is 25.8. The number of nitrogens with one attached hydrogen (secondary N) is 1. The van der Waals surface area contributed by atoms with Crippen LogP contribution in [0.3, 0.4) is 0 Å². The Hall–Kier alpha value is -5.30. The number of allylic oxidation sites excluding steroid dienone is 2. The molecule has 0 aliphatic rings. The number of anilines is 1. The lowest BCUT2D eigenvalue weighted by Gasteiger charge is -2.09. The van der Waals surface area contributed by atoms with Crippen molar-refractivity contribution in [1.82, 2.24) is 19.3 Å². The van der Waals surface area contributed by atoms with Gasteiger partial charge in [-0.2, -0.15) is 5.10 Å². The number of carboxylic acids is 1. The summed E-state index contributed by atoms with van der Waals surface area (Å²) in [5.41, 5.74) is 9.04. The van der Waals surface area contributed by atoms with Crippen molar-refractivity contribution < 1.29 is 29.0 Å². The van der Waals surface area contributed by atoms with Gasteiger partial charge in [0.1, 0.15) is 11.4 Å². The third-order valence-electron chi connectivity index (χ3n) is 7.24. The van der Waals surface area contributed by atoms with Gasteiger partial charge in [-0.3, -0.25) is 29.2 Å². The van der Waals surface area contributed by atoms with Crippen LogP contribution in [0.4, 0.5) is 5.95 Å². The average Bonchev–Trinajstić information content (AvgIpc) is 3.71.